The third-order valence-corrected chi connectivity index (χ3v) is 3.55. The molecule has 0 fully saturated rings. The van der Waals surface area contributed by atoms with E-state index in [2.05, 4.69) is 38.9 Å². The van der Waals surface area contributed by atoms with E-state index in [1.807, 2.05) is 32.6 Å². The molecule has 2 aromatic heterocycles. The molecule has 0 aliphatic heterocycles. The van der Waals surface area contributed by atoms with E-state index in [9.17, 15) is 0 Å². The molecular formula is C16H24N4. The fourth-order valence-corrected chi connectivity index (χ4v) is 2.30. The number of nitrogens with zero attached hydrogens (tertiary/aromatic N) is 3. The van der Waals surface area contributed by atoms with Crippen LogP contribution in [0.15, 0.2) is 30.7 Å². The third-order valence-electron chi connectivity index (χ3n) is 3.55. The topological polar surface area (TPSA) is 42.7 Å². The van der Waals surface area contributed by atoms with Crippen LogP contribution in [0.4, 0.5) is 0 Å². The quantitative estimate of drug-likeness (QED) is 0.843. The fraction of sp³-hybridized carbons (Fsp3) is 0.500. The Labute approximate surface area is 121 Å². The van der Waals surface area contributed by atoms with Crippen molar-refractivity contribution in [3.05, 3.63) is 47.8 Å². The van der Waals surface area contributed by atoms with Crippen molar-refractivity contribution < 1.29 is 0 Å². The predicted molar refractivity (Wildman–Crippen MR) is 81.5 cm³/mol. The van der Waals surface area contributed by atoms with E-state index in [4.69, 9.17) is 0 Å². The van der Waals surface area contributed by atoms with Crippen LogP contribution in [0.25, 0.3) is 0 Å². The molecule has 4 nitrogen and oxygen atoms in total. The number of pyridine rings is 1. The highest BCUT2D eigenvalue weighted by Crippen LogP contribution is 2.18. The lowest BCUT2D eigenvalue weighted by atomic mass is 10.0. The van der Waals surface area contributed by atoms with Crippen molar-refractivity contribution >= 4 is 0 Å². The van der Waals surface area contributed by atoms with Gasteiger partial charge in [0.15, 0.2) is 0 Å². The van der Waals surface area contributed by atoms with Gasteiger partial charge in [0.25, 0.3) is 0 Å². The summed E-state index contributed by atoms with van der Waals surface area (Å²) in [5.41, 5.74) is 2.32. The minimum Gasteiger partial charge on any atom is -0.338 e. The first kappa shape index (κ1) is 14.7. The number of nitrogens with one attached hydrogen (secondary N) is 1. The maximum Gasteiger partial charge on any atom is 0.108 e. The van der Waals surface area contributed by atoms with Crippen molar-refractivity contribution in [2.45, 2.75) is 39.2 Å². The van der Waals surface area contributed by atoms with Crippen molar-refractivity contribution in [1.29, 1.82) is 0 Å². The summed E-state index contributed by atoms with van der Waals surface area (Å²) in [5.74, 6) is 1.13. The standard InChI is InChI=1S/C16H24N4/c1-4-9-17-15(14-6-5-13(2)19-12-14)7-8-16-18-10-11-20(16)3/h5-6,10-12,15,17H,4,7-9H2,1-3H3. The lowest BCUT2D eigenvalue weighted by molar-refractivity contribution is 0.490. The first-order valence-corrected chi connectivity index (χ1v) is 7.33. The summed E-state index contributed by atoms with van der Waals surface area (Å²) in [6, 6.07) is 4.60. The van der Waals surface area contributed by atoms with E-state index in [0.29, 0.717) is 6.04 Å². The Balaban J connectivity index is 2.03. The van der Waals surface area contributed by atoms with Gasteiger partial charge >= 0.3 is 0 Å². The zero-order chi connectivity index (χ0) is 14.4. The average molecular weight is 272 g/mol. The van der Waals surface area contributed by atoms with Crippen LogP contribution in [0.3, 0.4) is 0 Å². The number of aromatic nitrogens is 3. The molecule has 1 atom stereocenters. The van der Waals surface area contributed by atoms with E-state index >= 15 is 0 Å². The Hall–Kier alpha value is -1.68. The second kappa shape index (κ2) is 7.20. The third kappa shape index (κ3) is 3.90. The van der Waals surface area contributed by atoms with Crippen LogP contribution in [-0.4, -0.2) is 21.1 Å². The smallest absolute Gasteiger partial charge is 0.108 e. The maximum atomic E-state index is 4.41. The molecule has 0 bridgehead atoms. The maximum absolute atomic E-state index is 4.41. The van der Waals surface area contributed by atoms with Crippen LogP contribution in [0.5, 0.6) is 0 Å². The Morgan fingerprint density at radius 3 is 2.75 bits per heavy atom. The zero-order valence-electron chi connectivity index (χ0n) is 12.6. The molecular weight excluding hydrogens is 248 g/mol. The summed E-state index contributed by atoms with van der Waals surface area (Å²) in [6.07, 6.45) is 8.99. The molecule has 20 heavy (non-hydrogen) atoms. The van der Waals surface area contributed by atoms with Crippen LogP contribution < -0.4 is 5.32 Å². The molecule has 2 rings (SSSR count). The van der Waals surface area contributed by atoms with Gasteiger partial charge in [0.1, 0.15) is 5.82 Å². The minimum absolute atomic E-state index is 0.347. The van der Waals surface area contributed by atoms with Gasteiger partial charge in [0.05, 0.1) is 0 Å². The van der Waals surface area contributed by atoms with Crippen LogP contribution in [0, 0.1) is 6.92 Å². The zero-order valence-corrected chi connectivity index (χ0v) is 12.6. The van der Waals surface area contributed by atoms with Crippen LogP contribution in [-0.2, 0) is 13.5 Å². The van der Waals surface area contributed by atoms with Gasteiger partial charge in [-0.05, 0) is 37.9 Å². The second-order valence-corrected chi connectivity index (χ2v) is 5.23. The van der Waals surface area contributed by atoms with Gasteiger partial charge in [-0.25, -0.2) is 4.98 Å². The number of hydrogen-bond donors (Lipinski definition) is 1. The Kier molecular flexibility index (Phi) is 5.30. The largest absolute Gasteiger partial charge is 0.338 e. The first-order valence-electron chi connectivity index (χ1n) is 7.33. The lowest BCUT2D eigenvalue weighted by Crippen LogP contribution is -2.23. The Bertz CT molecular complexity index is 516. The highest BCUT2D eigenvalue weighted by Gasteiger charge is 2.12. The molecule has 0 saturated carbocycles. The lowest BCUT2D eigenvalue weighted by Gasteiger charge is -2.18. The fourth-order valence-electron chi connectivity index (χ4n) is 2.30. The van der Waals surface area contributed by atoms with Gasteiger partial charge in [-0.1, -0.05) is 13.0 Å². The predicted octanol–water partition coefficient (Wildman–Crippen LogP) is 2.80. The summed E-state index contributed by atoms with van der Waals surface area (Å²) in [5, 5.41) is 3.61. The van der Waals surface area contributed by atoms with E-state index < -0.39 is 0 Å². The summed E-state index contributed by atoms with van der Waals surface area (Å²) >= 11 is 0. The van der Waals surface area contributed by atoms with Crippen molar-refractivity contribution in [3.63, 3.8) is 0 Å². The number of rotatable bonds is 7. The molecule has 2 heterocycles. The highest BCUT2D eigenvalue weighted by atomic mass is 15.0. The molecule has 1 N–H and O–H groups in total. The summed E-state index contributed by atoms with van der Waals surface area (Å²) in [7, 11) is 2.05. The molecule has 0 radical (unpaired) electrons. The van der Waals surface area contributed by atoms with E-state index in [1.54, 1.807) is 0 Å². The summed E-state index contributed by atoms with van der Waals surface area (Å²) < 4.78 is 2.09. The van der Waals surface area contributed by atoms with Crippen LogP contribution in [0.2, 0.25) is 0 Å². The van der Waals surface area contributed by atoms with Crippen molar-refractivity contribution in [3.8, 4) is 0 Å². The van der Waals surface area contributed by atoms with Gasteiger partial charge in [-0.3, -0.25) is 4.98 Å². The van der Waals surface area contributed by atoms with Crippen molar-refractivity contribution in [2.75, 3.05) is 6.54 Å². The van der Waals surface area contributed by atoms with Crippen molar-refractivity contribution in [1.82, 2.24) is 19.9 Å². The normalized spacial score (nSPS) is 12.6. The first-order chi connectivity index (χ1) is 9.70. The number of aryl methyl sites for hydroxylation is 3. The number of hydrogen-bond acceptors (Lipinski definition) is 3. The number of imidazole rings is 1. The van der Waals surface area contributed by atoms with Gasteiger partial charge in [-0.15, -0.1) is 0 Å². The molecule has 1 unspecified atom stereocenters. The van der Waals surface area contributed by atoms with Gasteiger partial charge < -0.3 is 9.88 Å². The molecule has 0 saturated heterocycles. The minimum atomic E-state index is 0.347. The Morgan fingerprint density at radius 2 is 2.15 bits per heavy atom. The van der Waals surface area contributed by atoms with Crippen molar-refractivity contribution in [2.24, 2.45) is 7.05 Å². The molecule has 0 aliphatic rings. The van der Waals surface area contributed by atoms with Crippen LogP contribution >= 0.6 is 0 Å². The molecule has 108 valence electrons. The van der Waals surface area contributed by atoms with E-state index in [1.165, 1.54) is 5.56 Å². The van der Waals surface area contributed by atoms with E-state index in [0.717, 1.165) is 37.3 Å². The monoisotopic (exact) mass is 272 g/mol. The van der Waals surface area contributed by atoms with E-state index in [-0.39, 0.29) is 0 Å². The molecule has 2 aromatic rings. The van der Waals surface area contributed by atoms with Gasteiger partial charge in [0, 0.05) is 43.8 Å². The molecule has 0 aliphatic carbocycles. The van der Waals surface area contributed by atoms with Gasteiger partial charge in [-0.2, -0.15) is 0 Å². The molecule has 0 spiro atoms. The highest BCUT2D eigenvalue weighted by molar-refractivity contribution is 5.17. The van der Waals surface area contributed by atoms with Gasteiger partial charge in [0.2, 0.25) is 0 Å². The molecule has 0 aromatic carbocycles. The molecule has 0 amide bonds. The Morgan fingerprint density at radius 1 is 1.30 bits per heavy atom. The average Bonchev–Trinajstić information content (AvgIpc) is 2.86. The molecule has 4 heteroatoms. The summed E-state index contributed by atoms with van der Waals surface area (Å²) in [4.78, 5) is 8.81. The second-order valence-electron chi connectivity index (χ2n) is 5.23. The SMILES string of the molecule is CCCNC(CCc1nccn1C)c1ccc(C)nc1. The summed E-state index contributed by atoms with van der Waals surface area (Å²) in [6.45, 7) is 5.24. The van der Waals surface area contributed by atoms with Crippen LogP contribution in [0.1, 0.15) is 42.9 Å².